The Bertz CT molecular complexity index is 861. The zero-order chi connectivity index (χ0) is 21.5. The van der Waals surface area contributed by atoms with E-state index >= 15 is 0 Å². The maximum absolute atomic E-state index is 7.67. The molecule has 0 saturated heterocycles. The van der Waals surface area contributed by atoms with Crippen LogP contribution in [0.3, 0.4) is 0 Å². The number of pyridine rings is 1. The van der Waals surface area contributed by atoms with E-state index in [2.05, 4.69) is 65.4 Å². The third-order valence-electron chi connectivity index (χ3n) is 6.00. The standard InChI is InChI=1S/C24H36N/c1-10-23(5,6)20-15-22(19-13-12-17(3)14-18(19)4)25(9)16-21(20)24(7,8)11-2/h12-16H,10-11H2,1-9H3/q+1/i3D3. The van der Waals surface area contributed by atoms with Crippen molar-refractivity contribution < 1.29 is 8.68 Å². The number of hydrogen-bond donors (Lipinski definition) is 0. The summed E-state index contributed by atoms with van der Waals surface area (Å²) in [5, 5.41) is 0. The molecule has 1 nitrogen and oxygen atoms in total. The van der Waals surface area contributed by atoms with E-state index < -0.39 is 6.85 Å². The Hall–Kier alpha value is -1.63. The van der Waals surface area contributed by atoms with E-state index in [1.165, 1.54) is 11.1 Å². The van der Waals surface area contributed by atoms with Crippen LogP contribution >= 0.6 is 0 Å². The average Bonchev–Trinajstić information content (AvgIpc) is 2.60. The van der Waals surface area contributed by atoms with Gasteiger partial charge in [-0.15, -0.1) is 0 Å². The number of aromatic nitrogens is 1. The summed E-state index contributed by atoms with van der Waals surface area (Å²) in [6.45, 7) is 13.7. The number of nitrogens with zero attached hydrogens (tertiary/aromatic N) is 1. The van der Waals surface area contributed by atoms with E-state index in [0.29, 0.717) is 5.56 Å². The van der Waals surface area contributed by atoms with Crippen LogP contribution < -0.4 is 4.57 Å². The molecule has 1 heteroatoms. The summed E-state index contributed by atoms with van der Waals surface area (Å²) < 4.78 is 25.2. The highest BCUT2D eigenvalue weighted by atomic mass is 14.9. The molecule has 0 unspecified atom stereocenters. The molecule has 0 N–H and O–H groups in total. The van der Waals surface area contributed by atoms with Crippen LogP contribution in [0.2, 0.25) is 0 Å². The van der Waals surface area contributed by atoms with Crippen LogP contribution in [0.25, 0.3) is 11.3 Å². The summed E-state index contributed by atoms with van der Waals surface area (Å²) >= 11 is 0. The fourth-order valence-electron chi connectivity index (χ4n) is 3.35. The van der Waals surface area contributed by atoms with Gasteiger partial charge in [0, 0.05) is 21.3 Å². The minimum atomic E-state index is -2.07. The monoisotopic (exact) mass is 341 g/mol. The maximum Gasteiger partial charge on any atom is 0.212 e. The smallest absolute Gasteiger partial charge is 0.201 e. The molecule has 0 aliphatic heterocycles. The predicted octanol–water partition coefficient (Wildman–Crippen LogP) is 6.17. The molecule has 0 radical (unpaired) electrons. The maximum atomic E-state index is 7.67. The van der Waals surface area contributed by atoms with Crippen LogP contribution in [0, 0.1) is 13.8 Å². The van der Waals surface area contributed by atoms with Crippen molar-refractivity contribution in [3.63, 3.8) is 0 Å². The highest BCUT2D eigenvalue weighted by molar-refractivity contribution is 5.63. The molecule has 2 rings (SSSR count). The van der Waals surface area contributed by atoms with E-state index in [9.17, 15) is 0 Å². The van der Waals surface area contributed by atoms with Gasteiger partial charge in [-0.3, -0.25) is 0 Å². The van der Waals surface area contributed by atoms with Gasteiger partial charge in [0.1, 0.15) is 7.05 Å². The van der Waals surface area contributed by atoms with Gasteiger partial charge in [0.15, 0.2) is 6.20 Å². The molecule has 2 aromatic rings. The summed E-state index contributed by atoms with van der Waals surface area (Å²) in [7, 11) is 2.09. The van der Waals surface area contributed by atoms with Crippen molar-refractivity contribution in [3.05, 3.63) is 52.7 Å². The first-order valence-electron chi connectivity index (χ1n) is 10.9. The van der Waals surface area contributed by atoms with Crippen LogP contribution in [0.1, 0.15) is 80.8 Å². The summed E-state index contributed by atoms with van der Waals surface area (Å²) in [4.78, 5) is 0. The number of rotatable bonds is 5. The van der Waals surface area contributed by atoms with Gasteiger partial charge in [-0.05, 0) is 54.6 Å². The zero-order valence-corrected chi connectivity index (χ0v) is 17.2. The first-order chi connectivity index (χ1) is 12.7. The Morgan fingerprint density at radius 1 is 0.960 bits per heavy atom. The fourth-order valence-corrected chi connectivity index (χ4v) is 3.35. The van der Waals surface area contributed by atoms with E-state index in [1.807, 2.05) is 13.0 Å². The van der Waals surface area contributed by atoms with Gasteiger partial charge in [-0.25, -0.2) is 4.57 Å². The second-order valence-electron chi connectivity index (χ2n) is 8.60. The lowest BCUT2D eigenvalue weighted by Crippen LogP contribution is -2.37. The van der Waals surface area contributed by atoms with Crippen LogP contribution in [-0.2, 0) is 17.9 Å². The van der Waals surface area contributed by atoms with E-state index in [4.69, 9.17) is 4.11 Å². The topological polar surface area (TPSA) is 3.88 Å². The van der Waals surface area contributed by atoms with Gasteiger partial charge >= 0.3 is 0 Å². The summed E-state index contributed by atoms with van der Waals surface area (Å²) in [5.41, 5.74) is 6.54. The van der Waals surface area contributed by atoms with Gasteiger partial charge < -0.3 is 0 Å². The quantitative estimate of drug-likeness (QED) is 0.573. The Kier molecular flexibility index (Phi) is 4.33. The highest BCUT2D eigenvalue weighted by Crippen LogP contribution is 2.38. The number of benzene rings is 1. The lowest BCUT2D eigenvalue weighted by molar-refractivity contribution is -0.661. The average molecular weight is 342 g/mol. The van der Waals surface area contributed by atoms with Crippen molar-refractivity contribution in [2.45, 2.75) is 79.0 Å². The van der Waals surface area contributed by atoms with Gasteiger partial charge in [0.2, 0.25) is 5.69 Å². The van der Waals surface area contributed by atoms with Crippen molar-refractivity contribution in [2.24, 2.45) is 7.05 Å². The number of hydrogen-bond acceptors (Lipinski definition) is 0. The minimum Gasteiger partial charge on any atom is -0.201 e. The Labute approximate surface area is 159 Å². The molecular weight excluding hydrogens is 302 g/mol. The highest BCUT2D eigenvalue weighted by Gasteiger charge is 2.33. The lowest BCUT2D eigenvalue weighted by Gasteiger charge is -2.32. The molecule has 0 fully saturated rings. The molecule has 25 heavy (non-hydrogen) atoms. The van der Waals surface area contributed by atoms with Gasteiger partial charge in [0.05, 0.1) is 0 Å². The minimum absolute atomic E-state index is 0.0668. The second-order valence-corrected chi connectivity index (χ2v) is 8.60. The summed E-state index contributed by atoms with van der Waals surface area (Å²) in [6.07, 6.45) is 4.41. The van der Waals surface area contributed by atoms with E-state index in [1.54, 1.807) is 12.1 Å². The molecule has 136 valence electrons. The summed E-state index contributed by atoms with van der Waals surface area (Å²) in [6, 6.07) is 7.83. The van der Waals surface area contributed by atoms with E-state index in [0.717, 1.165) is 29.7 Å². The van der Waals surface area contributed by atoms with Crippen molar-refractivity contribution >= 4 is 0 Å². The van der Waals surface area contributed by atoms with Crippen molar-refractivity contribution in [3.8, 4) is 11.3 Å². The molecule has 0 saturated carbocycles. The van der Waals surface area contributed by atoms with Gasteiger partial charge in [-0.1, -0.05) is 59.2 Å². The molecular formula is C24H36N+. The largest absolute Gasteiger partial charge is 0.212 e. The van der Waals surface area contributed by atoms with Crippen molar-refractivity contribution in [2.75, 3.05) is 0 Å². The van der Waals surface area contributed by atoms with Crippen LogP contribution in [-0.4, -0.2) is 0 Å². The fraction of sp³-hybridized carbons (Fsp3) is 0.542. The summed E-state index contributed by atoms with van der Waals surface area (Å²) in [5.74, 6) is 0. The molecule has 0 bridgehead atoms. The van der Waals surface area contributed by atoms with Crippen LogP contribution in [0.5, 0.6) is 0 Å². The van der Waals surface area contributed by atoms with Crippen molar-refractivity contribution in [1.82, 2.24) is 0 Å². The molecule has 0 spiro atoms. The molecule has 1 heterocycles. The Morgan fingerprint density at radius 3 is 2.08 bits per heavy atom. The molecule has 0 atom stereocenters. The Morgan fingerprint density at radius 2 is 1.56 bits per heavy atom. The zero-order valence-electron chi connectivity index (χ0n) is 20.2. The SMILES string of the molecule is [2H]C([2H])([2H])c1ccc(-c2cc(C(C)(C)CC)c(C(C)(C)CC)c[n+]2C)c(C)c1. The van der Waals surface area contributed by atoms with E-state index in [-0.39, 0.29) is 10.8 Å². The molecule has 0 aliphatic rings. The van der Waals surface area contributed by atoms with Crippen LogP contribution in [0.4, 0.5) is 0 Å². The second kappa shape index (κ2) is 6.94. The first-order valence-corrected chi connectivity index (χ1v) is 9.40. The molecule has 1 aromatic heterocycles. The third kappa shape index (κ3) is 3.81. The normalized spacial score (nSPS) is 14.8. The van der Waals surface area contributed by atoms with Gasteiger partial charge in [-0.2, -0.15) is 0 Å². The number of aryl methyl sites for hydroxylation is 3. The lowest BCUT2D eigenvalue weighted by atomic mass is 9.71. The predicted molar refractivity (Wildman–Crippen MR) is 109 cm³/mol. The third-order valence-corrected chi connectivity index (χ3v) is 6.00. The molecule has 0 aliphatic carbocycles. The van der Waals surface area contributed by atoms with Gasteiger partial charge in [0.25, 0.3) is 0 Å². The Balaban J connectivity index is 2.76. The van der Waals surface area contributed by atoms with Crippen molar-refractivity contribution in [1.29, 1.82) is 0 Å². The molecule has 1 aromatic carbocycles. The van der Waals surface area contributed by atoms with Crippen LogP contribution in [0.15, 0.2) is 30.5 Å². The molecule has 0 amide bonds. The first kappa shape index (κ1) is 15.6.